The van der Waals surface area contributed by atoms with Gasteiger partial charge in [0.05, 0.1) is 6.10 Å². The molecule has 0 aromatic rings. The smallest absolute Gasteiger partial charge is 0.0720 e. The van der Waals surface area contributed by atoms with Crippen LogP contribution in [0.25, 0.3) is 0 Å². The van der Waals surface area contributed by atoms with Crippen LogP contribution in [0.5, 0.6) is 0 Å². The van der Waals surface area contributed by atoms with Gasteiger partial charge in [-0.25, -0.2) is 0 Å². The predicted molar refractivity (Wildman–Crippen MR) is 60.3 cm³/mol. The molecule has 0 aliphatic carbocycles. The van der Waals surface area contributed by atoms with Gasteiger partial charge in [0.2, 0.25) is 0 Å². The summed E-state index contributed by atoms with van der Waals surface area (Å²) in [7, 11) is 0. The molecule has 1 rings (SSSR count). The second kappa shape index (κ2) is 5.13. The largest absolute Gasteiger partial charge is 0.391 e. The molecule has 14 heavy (non-hydrogen) atoms. The highest BCUT2D eigenvalue weighted by Gasteiger charge is 2.31. The van der Waals surface area contributed by atoms with Gasteiger partial charge in [-0.3, -0.25) is 4.90 Å². The summed E-state index contributed by atoms with van der Waals surface area (Å²) in [6, 6.07) is 0.359. The summed E-state index contributed by atoms with van der Waals surface area (Å²) < 4.78 is 0. The lowest BCUT2D eigenvalue weighted by Gasteiger charge is -2.36. The van der Waals surface area contributed by atoms with E-state index in [4.69, 9.17) is 0 Å². The fourth-order valence-corrected chi connectivity index (χ4v) is 2.47. The van der Waals surface area contributed by atoms with Crippen molar-refractivity contribution in [2.75, 3.05) is 13.1 Å². The third kappa shape index (κ3) is 2.71. The monoisotopic (exact) mass is 199 g/mol. The number of rotatable bonds is 4. The number of aliphatic hydroxyl groups is 1. The van der Waals surface area contributed by atoms with Crippen molar-refractivity contribution >= 4 is 0 Å². The summed E-state index contributed by atoms with van der Waals surface area (Å²) in [5, 5.41) is 10.2. The van der Waals surface area contributed by atoms with Gasteiger partial charge in [-0.15, -0.1) is 0 Å². The first-order valence-electron chi connectivity index (χ1n) is 5.96. The van der Waals surface area contributed by atoms with Crippen LogP contribution in [0.3, 0.4) is 0 Å². The van der Waals surface area contributed by atoms with Crippen LogP contribution < -0.4 is 0 Å². The van der Waals surface area contributed by atoms with E-state index in [0.29, 0.717) is 17.9 Å². The maximum absolute atomic E-state index is 10.2. The average molecular weight is 199 g/mol. The summed E-state index contributed by atoms with van der Waals surface area (Å²) >= 11 is 0. The third-order valence-electron chi connectivity index (χ3n) is 3.28. The van der Waals surface area contributed by atoms with Crippen molar-refractivity contribution in [2.24, 2.45) is 11.8 Å². The van der Waals surface area contributed by atoms with E-state index in [1.807, 2.05) is 0 Å². The molecule has 2 heteroatoms. The Hall–Kier alpha value is -0.0800. The van der Waals surface area contributed by atoms with Gasteiger partial charge in [0.15, 0.2) is 0 Å². The minimum Gasteiger partial charge on any atom is -0.391 e. The first-order valence-corrected chi connectivity index (χ1v) is 5.96. The highest BCUT2D eigenvalue weighted by atomic mass is 16.3. The molecule has 2 nitrogen and oxygen atoms in total. The first-order chi connectivity index (χ1) is 6.54. The summed E-state index contributed by atoms with van der Waals surface area (Å²) in [4.78, 5) is 2.47. The molecule has 0 spiro atoms. The third-order valence-corrected chi connectivity index (χ3v) is 3.28. The highest BCUT2D eigenvalue weighted by Crippen LogP contribution is 2.23. The molecule has 84 valence electrons. The van der Waals surface area contributed by atoms with E-state index in [0.717, 1.165) is 0 Å². The number of nitrogens with zero attached hydrogens (tertiary/aromatic N) is 1. The van der Waals surface area contributed by atoms with Crippen molar-refractivity contribution in [1.82, 2.24) is 4.90 Å². The molecule has 0 saturated carbocycles. The molecule has 0 aromatic carbocycles. The van der Waals surface area contributed by atoms with E-state index < -0.39 is 0 Å². The quantitative estimate of drug-likeness (QED) is 0.749. The van der Waals surface area contributed by atoms with Gasteiger partial charge in [0.1, 0.15) is 0 Å². The van der Waals surface area contributed by atoms with E-state index in [1.54, 1.807) is 0 Å². The number of hydrogen-bond acceptors (Lipinski definition) is 2. The van der Waals surface area contributed by atoms with Crippen LogP contribution in [0.15, 0.2) is 0 Å². The van der Waals surface area contributed by atoms with Crippen molar-refractivity contribution in [3.63, 3.8) is 0 Å². The van der Waals surface area contributed by atoms with E-state index in [9.17, 15) is 5.11 Å². The Bertz CT molecular complexity index is 160. The number of likely N-dealkylation sites (tertiary alicyclic amines) is 1. The van der Waals surface area contributed by atoms with Crippen LogP contribution >= 0.6 is 0 Å². The lowest BCUT2D eigenvalue weighted by atomic mass is 9.90. The first kappa shape index (κ1) is 12.0. The van der Waals surface area contributed by atoms with Gasteiger partial charge < -0.3 is 5.11 Å². The highest BCUT2D eigenvalue weighted by molar-refractivity contribution is 4.85. The summed E-state index contributed by atoms with van der Waals surface area (Å²) in [5.41, 5.74) is 0. The molecule has 2 atom stereocenters. The summed E-state index contributed by atoms with van der Waals surface area (Å²) in [6.45, 7) is 11.0. The predicted octanol–water partition coefficient (Wildman–Crippen LogP) is 2.12. The van der Waals surface area contributed by atoms with Crippen LogP contribution in [0.4, 0.5) is 0 Å². The van der Waals surface area contributed by atoms with Gasteiger partial charge in [0.25, 0.3) is 0 Å². The van der Waals surface area contributed by atoms with Crippen molar-refractivity contribution in [3.8, 4) is 0 Å². The fraction of sp³-hybridized carbons (Fsp3) is 1.00. The Labute approximate surface area is 88.3 Å². The number of hydrogen-bond donors (Lipinski definition) is 1. The van der Waals surface area contributed by atoms with Crippen molar-refractivity contribution < 1.29 is 5.11 Å². The van der Waals surface area contributed by atoms with Gasteiger partial charge in [0, 0.05) is 6.04 Å². The molecule has 0 radical (unpaired) electrons. The zero-order valence-electron chi connectivity index (χ0n) is 10.0. The molecule has 1 fully saturated rings. The molecule has 1 aliphatic heterocycles. The van der Waals surface area contributed by atoms with Crippen LogP contribution in [0.2, 0.25) is 0 Å². The zero-order valence-corrected chi connectivity index (χ0v) is 10.0. The van der Waals surface area contributed by atoms with Gasteiger partial charge >= 0.3 is 0 Å². The van der Waals surface area contributed by atoms with Gasteiger partial charge in [-0.2, -0.15) is 0 Å². The van der Waals surface area contributed by atoms with Crippen molar-refractivity contribution in [1.29, 1.82) is 0 Å². The van der Waals surface area contributed by atoms with Crippen molar-refractivity contribution in [3.05, 3.63) is 0 Å². The topological polar surface area (TPSA) is 23.5 Å². The number of aliphatic hydroxyl groups excluding tert-OH is 1. The molecule has 0 unspecified atom stereocenters. The molecular formula is C12H25NO. The fourth-order valence-electron chi connectivity index (χ4n) is 2.47. The molecule has 1 heterocycles. The molecule has 1 aliphatic rings. The molecule has 0 amide bonds. The normalized spacial score (nSPS) is 23.4. The van der Waals surface area contributed by atoms with Crippen LogP contribution in [0.1, 0.15) is 40.5 Å². The van der Waals surface area contributed by atoms with E-state index >= 15 is 0 Å². The second-order valence-electron chi connectivity index (χ2n) is 5.21. The molecular weight excluding hydrogens is 174 g/mol. The Kier molecular flexibility index (Phi) is 4.39. The standard InChI is InChI=1S/C12H25NO/c1-9(2)11(12(14)10(3)4)13-7-5-6-8-13/h9-12,14H,5-8H2,1-4H3/t11-,12+/m0/s1. The second-order valence-corrected chi connectivity index (χ2v) is 5.21. The van der Waals surface area contributed by atoms with Crippen LogP contribution in [-0.4, -0.2) is 35.2 Å². The minimum absolute atomic E-state index is 0.173. The minimum atomic E-state index is -0.173. The Morgan fingerprint density at radius 3 is 1.79 bits per heavy atom. The van der Waals surface area contributed by atoms with E-state index in [2.05, 4.69) is 32.6 Å². The molecule has 0 aromatic heterocycles. The van der Waals surface area contributed by atoms with Gasteiger partial charge in [-0.05, 0) is 37.8 Å². The molecule has 1 saturated heterocycles. The summed E-state index contributed by atoms with van der Waals surface area (Å²) in [5.74, 6) is 0.911. The lowest BCUT2D eigenvalue weighted by molar-refractivity contribution is 0.00753. The summed E-state index contributed by atoms with van der Waals surface area (Å²) in [6.07, 6.45) is 2.43. The van der Waals surface area contributed by atoms with Gasteiger partial charge in [-0.1, -0.05) is 27.7 Å². The van der Waals surface area contributed by atoms with E-state index in [-0.39, 0.29) is 6.10 Å². The molecule has 0 bridgehead atoms. The Morgan fingerprint density at radius 1 is 0.929 bits per heavy atom. The van der Waals surface area contributed by atoms with Crippen LogP contribution in [-0.2, 0) is 0 Å². The Morgan fingerprint density at radius 2 is 1.43 bits per heavy atom. The van der Waals surface area contributed by atoms with E-state index in [1.165, 1.54) is 25.9 Å². The Balaban J connectivity index is 2.62. The maximum atomic E-state index is 10.2. The average Bonchev–Trinajstić information content (AvgIpc) is 2.56. The van der Waals surface area contributed by atoms with Crippen LogP contribution in [0, 0.1) is 11.8 Å². The van der Waals surface area contributed by atoms with Crippen molar-refractivity contribution in [2.45, 2.75) is 52.7 Å². The maximum Gasteiger partial charge on any atom is 0.0720 e. The lowest BCUT2D eigenvalue weighted by Crippen LogP contribution is -2.47. The zero-order chi connectivity index (χ0) is 10.7. The SMILES string of the molecule is CC(C)[C@@H](O)[C@H](C(C)C)N1CCCC1. The molecule has 1 N–H and O–H groups in total.